The number of benzene rings is 2. The van der Waals surface area contributed by atoms with Crippen molar-refractivity contribution < 1.29 is 4.57 Å². The summed E-state index contributed by atoms with van der Waals surface area (Å²) in [5.41, 5.74) is 2.56. The minimum atomic E-state index is -2.65. The minimum absolute atomic E-state index is 0.927. The van der Waals surface area contributed by atoms with Gasteiger partial charge in [0.15, 0.2) is 7.14 Å². The highest BCUT2D eigenvalue weighted by Gasteiger charge is 2.40. The van der Waals surface area contributed by atoms with Crippen molar-refractivity contribution in [3.8, 4) is 0 Å². The Balaban J connectivity index is 2.29. The average molecular weight is 310 g/mol. The van der Waals surface area contributed by atoms with Crippen molar-refractivity contribution in [3.63, 3.8) is 0 Å². The summed E-state index contributed by atoms with van der Waals surface area (Å²) in [6.45, 7) is 4.37. The van der Waals surface area contributed by atoms with Crippen LogP contribution >= 0.6 is 7.14 Å². The molecule has 0 bridgehead atoms. The summed E-state index contributed by atoms with van der Waals surface area (Å²) in [7, 11) is -2.65. The number of fused-ring (bicyclic) bond motifs is 1. The maximum Gasteiger partial charge on any atom is 0.168 e. The molecule has 22 heavy (non-hydrogen) atoms. The van der Waals surface area contributed by atoms with Crippen molar-refractivity contribution in [2.45, 2.75) is 39.5 Å². The first-order chi connectivity index (χ1) is 10.7. The molecule has 2 heteroatoms. The summed E-state index contributed by atoms with van der Waals surface area (Å²) < 4.78 is 14.2. The third kappa shape index (κ3) is 2.29. The van der Waals surface area contributed by atoms with Gasteiger partial charge in [0.05, 0.1) is 0 Å². The second-order valence-corrected chi connectivity index (χ2v) is 8.64. The first-order valence-electron chi connectivity index (χ1n) is 8.21. The van der Waals surface area contributed by atoms with E-state index in [0.717, 1.165) is 36.3 Å². The van der Waals surface area contributed by atoms with Crippen molar-refractivity contribution in [1.29, 1.82) is 0 Å². The SMILES string of the molecule is CCCC1=C(CCC)P(=O)(c2ccccc2)c2ccccc21. The Labute approximate surface area is 133 Å². The molecule has 0 N–H and O–H groups in total. The molecule has 0 saturated carbocycles. The van der Waals surface area contributed by atoms with E-state index in [9.17, 15) is 4.57 Å². The third-order valence-electron chi connectivity index (χ3n) is 4.40. The van der Waals surface area contributed by atoms with Gasteiger partial charge in [0.2, 0.25) is 0 Å². The van der Waals surface area contributed by atoms with E-state index >= 15 is 0 Å². The molecule has 2 aromatic carbocycles. The smallest absolute Gasteiger partial charge is 0.168 e. The van der Waals surface area contributed by atoms with Gasteiger partial charge < -0.3 is 4.57 Å². The highest BCUT2D eigenvalue weighted by molar-refractivity contribution is 7.83. The molecule has 1 aliphatic rings. The maximum atomic E-state index is 14.2. The van der Waals surface area contributed by atoms with E-state index in [-0.39, 0.29) is 0 Å². The van der Waals surface area contributed by atoms with E-state index < -0.39 is 7.14 Å². The Morgan fingerprint density at radius 2 is 1.45 bits per heavy atom. The van der Waals surface area contributed by atoms with Crippen LogP contribution in [0.1, 0.15) is 45.1 Å². The van der Waals surface area contributed by atoms with Gasteiger partial charge in [-0.25, -0.2) is 0 Å². The molecule has 1 heterocycles. The predicted molar refractivity (Wildman–Crippen MR) is 96.5 cm³/mol. The molecule has 0 saturated heterocycles. The topological polar surface area (TPSA) is 17.1 Å². The van der Waals surface area contributed by atoms with Crippen molar-refractivity contribution >= 4 is 23.3 Å². The second-order valence-electron chi connectivity index (χ2n) is 5.89. The van der Waals surface area contributed by atoms with Gasteiger partial charge in [0, 0.05) is 15.9 Å². The first-order valence-corrected chi connectivity index (χ1v) is 9.92. The van der Waals surface area contributed by atoms with Crippen LogP contribution in [0.25, 0.3) is 5.57 Å². The molecule has 114 valence electrons. The van der Waals surface area contributed by atoms with E-state index in [2.05, 4.69) is 32.0 Å². The Bertz CT molecular complexity index is 743. The van der Waals surface area contributed by atoms with Crippen LogP contribution in [-0.4, -0.2) is 0 Å². The Morgan fingerprint density at radius 3 is 2.14 bits per heavy atom. The van der Waals surface area contributed by atoms with Crippen LogP contribution in [0.5, 0.6) is 0 Å². The van der Waals surface area contributed by atoms with Gasteiger partial charge in [-0.05, 0) is 24.0 Å². The van der Waals surface area contributed by atoms with Crippen LogP contribution in [0.4, 0.5) is 0 Å². The zero-order chi connectivity index (χ0) is 15.6. The lowest BCUT2D eigenvalue weighted by Crippen LogP contribution is -2.15. The Kier molecular flexibility index (Phi) is 4.36. The van der Waals surface area contributed by atoms with Gasteiger partial charge in [-0.1, -0.05) is 81.3 Å². The molecule has 1 aliphatic heterocycles. The zero-order valence-electron chi connectivity index (χ0n) is 13.4. The molecule has 1 atom stereocenters. The summed E-state index contributed by atoms with van der Waals surface area (Å²) in [4.78, 5) is 0. The van der Waals surface area contributed by atoms with Crippen LogP contribution in [0, 0.1) is 0 Å². The molecule has 0 spiro atoms. The fourth-order valence-corrected chi connectivity index (χ4v) is 6.97. The fraction of sp³-hybridized carbons (Fsp3) is 0.300. The van der Waals surface area contributed by atoms with Crippen molar-refractivity contribution in [2.75, 3.05) is 0 Å². The lowest BCUT2D eigenvalue weighted by molar-refractivity contribution is 0.589. The maximum absolute atomic E-state index is 14.2. The van der Waals surface area contributed by atoms with Crippen molar-refractivity contribution in [1.82, 2.24) is 0 Å². The van der Waals surface area contributed by atoms with E-state index in [0.29, 0.717) is 0 Å². The van der Waals surface area contributed by atoms with Crippen LogP contribution in [0.2, 0.25) is 0 Å². The largest absolute Gasteiger partial charge is 0.309 e. The van der Waals surface area contributed by atoms with Crippen LogP contribution in [0.3, 0.4) is 0 Å². The molecule has 2 aromatic rings. The fourth-order valence-electron chi connectivity index (χ4n) is 3.50. The summed E-state index contributed by atoms with van der Waals surface area (Å²) in [6.07, 6.45) is 4.07. The van der Waals surface area contributed by atoms with Gasteiger partial charge in [0.25, 0.3) is 0 Å². The second kappa shape index (κ2) is 6.26. The van der Waals surface area contributed by atoms with Gasteiger partial charge in [0.1, 0.15) is 0 Å². The molecule has 1 nitrogen and oxygen atoms in total. The molecule has 0 amide bonds. The predicted octanol–water partition coefficient (Wildman–Crippen LogP) is 5.33. The average Bonchev–Trinajstić information content (AvgIpc) is 2.81. The van der Waals surface area contributed by atoms with E-state index in [1.54, 1.807) is 0 Å². The molecule has 0 radical (unpaired) electrons. The van der Waals surface area contributed by atoms with Crippen molar-refractivity contribution in [2.24, 2.45) is 0 Å². The first kappa shape index (κ1) is 15.3. The van der Waals surface area contributed by atoms with Gasteiger partial charge in [-0.2, -0.15) is 0 Å². The lowest BCUT2D eigenvalue weighted by Gasteiger charge is -2.18. The number of hydrogen-bond donors (Lipinski definition) is 0. The minimum Gasteiger partial charge on any atom is -0.309 e. The third-order valence-corrected chi connectivity index (χ3v) is 7.75. The highest BCUT2D eigenvalue weighted by Crippen LogP contribution is 2.61. The molecule has 0 aromatic heterocycles. The van der Waals surface area contributed by atoms with Crippen LogP contribution in [-0.2, 0) is 4.57 Å². The Morgan fingerprint density at radius 1 is 0.818 bits per heavy atom. The highest BCUT2D eigenvalue weighted by atomic mass is 31.2. The van der Waals surface area contributed by atoms with E-state index in [1.165, 1.54) is 16.5 Å². The summed E-state index contributed by atoms with van der Waals surface area (Å²) >= 11 is 0. The zero-order valence-corrected chi connectivity index (χ0v) is 14.3. The van der Waals surface area contributed by atoms with Crippen LogP contribution < -0.4 is 10.6 Å². The molecule has 1 unspecified atom stereocenters. The van der Waals surface area contributed by atoms with E-state index in [4.69, 9.17) is 0 Å². The molecule has 0 fully saturated rings. The quantitative estimate of drug-likeness (QED) is 0.683. The monoisotopic (exact) mass is 310 g/mol. The number of hydrogen-bond acceptors (Lipinski definition) is 1. The molecule has 3 rings (SSSR count). The number of rotatable bonds is 5. The van der Waals surface area contributed by atoms with Crippen LogP contribution in [0.15, 0.2) is 59.9 Å². The Hall–Kier alpha value is -1.59. The molecule has 0 aliphatic carbocycles. The number of allylic oxidation sites excluding steroid dienone is 2. The van der Waals surface area contributed by atoms with E-state index in [1.807, 2.05) is 36.4 Å². The standard InChI is InChI=1S/C20H23OP/c1-3-10-17-18-14-8-9-15-20(18)22(21,19(17)11-4-2)16-12-6-5-7-13-16/h5-9,12-15H,3-4,10-11H2,1-2H3. The summed E-state index contributed by atoms with van der Waals surface area (Å²) in [6, 6.07) is 18.4. The molecular formula is C20H23OP. The van der Waals surface area contributed by atoms with Gasteiger partial charge in [-0.15, -0.1) is 0 Å². The van der Waals surface area contributed by atoms with Gasteiger partial charge in [-0.3, -0.25) is 0 Å². The normalized spacial score (nSPS) is 20.3. The summed E-state index contributed by atoms with van der Waals surface area (Å²) in [5.74, 6) is 0. The van der Waals surface area contributed by atoms with Gasteiger partial charge >= 0.3 is 0 Å². The summed E-state index contributed by atoms with van der Waals surface area (Å²) in [5, 5.41) is 3.23. The lowest BCUT2D eigenvalue weighted by atomic mass is 10.00. The molecular weight excluding hydrogens is 287 g/mol. The van der Waals surface area contributed by atoms with Crippen molar-refractivity contribution in [3.05, 3.63) is 65.5 Å².